The first-order valence-electron chi connectivity index (χ1n) is 2.57. The predicted molar refractivity (Wildman–Crippen MR) is 41.6 cm³/mol. The third-order valence-electron chi connectivity index (χ3n) is 1.02. The molecule has 1 aromatic rings. The summed E-state index contributed by atoms with van der Waals surface area (Å²) in [4.78, 5) is 0.254. The van der Waals surface area contributed by atoms with Crippen LogP contribution in [0.15, 0.2) is 29.2 Å². The van der Waals surface area contributed by atoms with Crippen molar-refractivity contribution in [3.8, 4) is 0 Å². The number of halogens is 1. The van der Waals surface area contributed by atoms with Gasteiger partial charge in [-0.15, -0.1) is 0 Å². The Kier molecular flexibility index (Phi) is 6.49. The van der Waals surface area contributed by atoms with Crippen molar-refractivity contribution in [1.82, 2.24) is 0 Å². The van der Waals surface area contributed by atoms with Gasteiger partial charge >= 0.3 is 51.4 Å². The van der Waals surface area contributed by atoms with E-state index in [0.29, 0.717) is 5.02 Å². The van der Waals surface area contributed by atoms with E-state index in [-0.39, 0.29) is 57.7 Å². The van der Waals surface area contributed by atoms with E-state index in [9.17, 15) is 4.21 Å². The van der Waals surface area contributed by atoms with E-state index < -0.39 is 11.1 Å². The van der Waals surface area contributed by atoms with Crippen LogP contribution in [0.4, 0.5) is 0 Å². The molecule has 56 valence electrons. The van der Waals surface area contributed by atoms with Gasteiger partial charge in [0, 0.05) is 0 Å². The molecule has 0 aliphatic carbocycles. The number of benzene rings is 1. The molecule has 0 saturated heterocycles. The van der Waals surface area contributed by atoms with Crippen molar-refractivity contribution in [3.05, 3.63) is 29.3 Å². The molecule has 11 heavy (non-hydrogen) atoms. The third-order valence-corrected chi connectivity index (χ3v) is 2.20. The van der Waals surface area contributed by atoms with Gasteiger partial charge in [-0.1, -0.05) is 23.7 Å². The van der Waals surface area contributed by atoms with Gasteiger partial charge in [0.1, 0.15) is 0 Å². The van der Waals surface area contributed by atoms with E-state index in [1.54, 1.807) is 18.2 Å². The van der Waals surface area contributed by atoms with E-state index in [1.807, 2.05) is 0 Å². The van der Waals surface area contributed by atoms with Crippen molar-refractivity contribution in [2.75, 3.05) is 0 Å². The van der Waals surface area contributed by atoms with Gasteiger partial charge in [0.05, 0.1) is 9.92 Å². The SMILES string of the molecule is O=S(O)c1ccccc1Cl.[H-].[K+]. The molecule has 1 rings (SSSR count). The summed E-state index contributed by atoms with van der Waals surface area (Å²) in [5, 5.41) is 0.323. The Bertz CT molecular complexity index is 271. The van der Waals surface area contributed by atoms with Gasteiger partial charge in [0.15, 0.2) is 11.1 Å². The molecule has 1 unspecified atom stereocenters. The van der Waals surface area contributed by atoms with Crippen LogP contribution in [-0.2, 0) is 11.1 Å². The first-order valence-corrected chi connectivity index (χ1v) is 4.05. The van der Waals surface area contributed by atoms with E-state index in [2.05, 4.69) is 0 Å². The topological polar surface area (TPSA) is 37.3 Å². The Labute approximate surface area is 117 Å². The molecule has 0 saturated carbocycles. The minimum Gasteiger partial charge on any atom is -1.00 e. The van der Waals surface area contributed by atoms with Crippen molar-refractivity contribution in [2.24, 2.45) is 0 Å². The van der Waals surface area contributed by atoms with E-state index in [1.165, 1.54) is 6.07 Å². The second-order valence-corrected chi connectivity index (χ2v) is 3.02. The molecule has 0 aromatic heterocycles. The summed E-state index contributed by atoms with van der Waals surface area (Å²) in [6, 6.07) is 6.46. The van der Waals surface area contributed by atoms with Crippen LogP contribution >= 0.6 is 11.6 Å². The maximum Gasteiger partial charge on any atom is 1.00 e. The molecule has 0 spiro atoms. The van der Waals surface area contributed by atoms with Gasteiger partial charge in [-0.05, 0) is 12.1 Å². The molecule has 0 heterocycles. The Morgan fingerprint density at radius 1 is 1.45 bits per heavy atom. The Morgan fingerprint density at radius 3 is 2.36 bits per heavy atom. The van der Waals surface area contributed by atoms with Crippen LogP contribution in [0.3, 0.4) is 0 Å². The summed E-state index contributed by atoms with van der Waals surface area (Å²) in [6.45, 7) is 0. The fourth-order valence-electron chi connectivity index (χ4n) is 0.586. The summed E-state index contributed by atoms with van der Waals surface area (Å²) in [5.74, 6) is 0. The zero-order valence-corrected chi connectivity index (χ0v) is 10.6. The van der Waals surface area contributed by atoms with Crippen LogP contribution < -0.4 is 51.4 Å². The molecule has 1 atom stereocenters. The van der Waals surface area contributed by atoms with Crippen LogP contribution in [0.2, 0.25) is 5.02 Å². The van der Waals surface area contributed by atoms with Gasteiger partial charge in [0.2, 0.25) is 0 Å². The fourth-order valence-corrected chi connectivity index (χ4v) is 1.35. The average molecular weight is 217 g/mol. The Morgan fingerprint density at radius 2 is 2.00 bits per heavy atom. The minimum atomic E-state index is -1.97. The van der Waals surface area contributed by atoms with Gasteiger partial charge in [-0.25, -0.2) is 4.21 Å². The van der Waals surface area contributed by atoms with E-state index >= 15 is 0 Å². The molecule has 5 heteroatoms. The summed E-state index contributed by atoms with van der Waals surface area (Å²) < 4.78 is 19.0. The monoisotopic (exact) mass is 216 g/mol. The summed E-state index contributed by atoms with van der Waals surface area (Å²) in [5.41, 5.74) is 0. The predicted octanol–water partition coefficient (Wildman–Crippen LogP) is -0.963. The summed E-state index contributed by atoms with van der Waals surface area (Å²) >= 11 is 3.59. The van der Waals surface area contributed by atoms with Crippen LogP contribution in [0.1, 0.15) is 1.43 Å². The van der Waals surface area contributed by atoms with Crippen LogP contribution in [0.25, 0.3) is 0 Å². The third kappa shape index (κ3) is 3.65. The quantitative estimate of drug-likeness (QED) is 0.485. The van der Waals surface area contributed by atoms with Crippen molar-refractivity contribution in [3.63, 3.8) is 0 Å². The van der Waals surface area contributed by atoms with E-state index in [0.717, 1.165) is 0 Å². The number of hydrogen-bond donors (Lipinski definition) is 1. The molecule has 0 radical (unpaired) electrons. The van der Waals surface area contributed by atoms with Crippen LogP contribution in [0, 0.1) is 0 Å². The molecule has 0 bridgehead atoms. The molecule has 0 aliphatic rings. The minimum absolute atomic E-state index is 0. The van der Waals surface area contributed by atoms with Crippen molar-refractivity contribution >= 4 is 22.7 Å². The first kappa shape index (κ1) is 12.3. The van der Waals surface area contributed by atoms with Crippen molar-refractivity contribution in [1.29, 1.82) is 0 Å². The molecular weight excluding hydrogens is 211 g/mol. The van der Waals surface area contributed by atoms with Crippen LogP contribution in [0.5, 0.6) is 0 Å². The molecule has 1 N–H and O–H groups in total. The van der Waals surface area contributed by atoms with Gasteiger partial charge in [-0.2, -0.15) is 0 Å². The van der Waals surface area contributed by atoms with Gasteiger partial charge < -0.3 is 5.98 Å². The van der Waals surface area contributed by atoms with Crippen LogP contribution in [-0.4, -0.2) is 8.76 Å². The molecule has 0 aliphatic heterocycles. The normalized spacial score (nSPS) is 11.8. The molecule has 0 fully saturated rings. The molecule has 2 nitrogen and oxygen atoms in total. The van der Waals surface area contributed by atoms with E-state index in [4.69, 9.17) is 16.2 Å². The second-order valence-electron chi connectivity index (χ2n) is 1.68. The fraction of sp³-hybridized carbons (Fsp3) is 0. The first-order chi connectivity index (χ1) is 4.72. The largest absolute Gasteiger partial charge is 1.00 e. The van der Waals surface area contributed by atoms with Crippen molar-refractivity contribution in [2.45, 2.75) is 4.90 Å². The second kappa shape index (κ2) is 5.83. The number of rotatable bonds is 1. The molecular formula is C6H6ClKO2S. The van der Waals surface area contributed by atoms with Gasteiger partial charge in [0.25, 0.3) is 0 Å². The van der Waals surface area contributed by atoms with Crippen molar-refractivity contribution < 1.29 is 61.6 Å². The average Bonchev–Trinajstić information content (AvgIpc) is 1.88. The molecule has 1 aromatic carbocycles. The Balaban J connectivity index is 0. The smallest absolute Gasteiger partial charge is 1.00 e. The summed E-state index contributed by atoms with van der Waals surface area (Å²) in [6.07, 6.45) is 0. The molecule has 0 amide bonds. The zero-order valence-electron chi connectivity index (χ0n) is 6.95. The zero-order chi connectivity index (χ0) is 7.56. The van der Waals surface area contributed by atoms with Gasteiger partial charge in [-0.3, -0.25) is 0 Å². The number of hydrogen-bond acceptors (Lipinski definition) is 1. The maximum absolute atomic E-state index is 10.4. The standard InChI is InChI=1S/C6H5ClO2S.K.H/c7-5-3-1-2-4-6(5)10(8)9;;/h1-4H,(H,8,9);;/q;+1;-1. The maximum atomic E-state index is 10.4. The summed E-state index contributed by atoms with van der Waals surface area (Å²) in [7, 11) is 0. The Hall–Kier alpha value is 1.26.